The van der Waals surface area contributed by atoms with Crippen molar-refractivity contribution in [2.75, 3.05) is 5.32 Å². The lowest BCUT2D eigenvalue weighted by Crippen LogP contribution is -2.55. The largest absolute Gasteiger partial charge is 0.357 e. The minimum atomic E-state index is -3.34. The van der Waals surface area contributed by atoms with E-state index >= 15 is 0 Å². The fraction of sp³-hybridized carbons (Fsp3) is 0.600. The maximum Gasteiger partial charge on any atom is 0.346 e. The molecule has 0 unspecified atom stereocenters. The third-order valence-electron chi connectivity index (χ3n) is 3.10. The lowest BCUT2D eigenvalue weighted by Gasteiger charge is -2.36. The number of aromatic nitrogens is 2. The number of halogens is 1. The molecule has 6 nitrogen and oxygen atoms in total. The summed E-state index contributed by atoms with van der Waals surface area (Å²) in [6, 6.07) is -1.90. The Morgan fingerprint density at radius 1 is 1.47 bits per heavy atom. The van der Waals surface area contributed by atoms with Gasteiger partial charge in [0.1, 0.15) is 11.4 Å². The molecule has 0 spiro atoms. The number of aliphatic hydroxyl groups is 2. The molecule has 7 heteroatoms. The van der Waals surface area contributed by atoms with Crippen molar-refractivity contribution in [2.45, 2.75) is 37.3 Å². The van der Waals surface area contributed by atoms with Gasteiger partial charge in [-0.05, 0) is 18.9 Å². The molecule has 2 rings (SSSR count). The highest BCUT2D eigenvalue weighted by Crippen LogP contribution is 2.40. The highest BCUT2D eigenvalue weighted by atomic mass is 19.2. The monoisotopic (exact) mass is 243 g/mol. The Hall–Kier alpha value is -1.47. The molecular weight excluding hydrogens is 229 g/mol. The van der Waals surface area contributed by atoms with Crippen molar-refractivity contribution in [3.8, 4) is 0 Å². The highest BCUT2D eigenvalue weighted by molar-refractivity contribution is 5.37. The predicted octanol–water partition coefficient (Wildman–Crippen LogP) is 0.102. The van der Waals surface area contributed by atoms with E-state index in [0.717, 1.165) is 0 Å². The van der Waals surface area contributed by atoms with Crippen molar-refractivity contribution >= 4 is 5.82 Å². The van der Waals surface area contributed by atoms with Gasteiger partial charge in [0.15, 0.2) is 0 Å². The third-order valence-corrected chi connectivity index (χ3v) is 3.10. The summed E-state index contributed by atoms with van der Waals surface area (Å²) in [6.45, 7) is 0. The molecule has 0 aromatic carbocycles. The van der Waals surface area contributed by atoms with E-state index in [2.05, 4.69) is 15.3 Å². The van der Waals surface area contributed by atoms with Crippen molar-refractivity contribution < 1.29 is 14.6 Å². The Kier molecular flexibility index (Phi) is 2.88. The molecule has 1 aromatic rings. The number of alkyl halides is 1. The first kappa shape index (κ1) is 12.0. The summed E-state index contributed by atoms with van der Waals surface area (Å²) in [7, 11) is 0. The zero-order valence-electron chi connectivity index (χ0n) is 9.11. The van der Waals surface area contributed by atoms with Gasteiger partial charge in [0, 0.05) is 6.20 Å². The highest BCUT2D eigenvalue weighted by Gasteiger charge is 2.52. The van der Waals surface area contributed by atoms with Gasteiger partial charge in [0.05, 0.1) is 0 Å². The Morgan fingerprint density at radius 2 is 2.12 bits per heavy atom. The lowest BCUT2D eigenvalue weighted by molar-refractivity contribution is -0.293. The van der Waals surface area contributed by atoms with Crippen LogP contribution in [0.25, 0.3) is 0 Å². The zero-order valence-corrected chi connectivity index (χ0v) is 9.11. The van der Waals surface area contributed by atoms with Crippen LogP contribution in [0.5, 0.6) is 0 Å². The van der Waals surface area contributed by atoms with E-state index in [0.29, 0.717) is 12.8 Å². The van der Waals surface area contributed by atoms with Crippen molar-refractivity contribution in [1.82, 2.24) is 9.97 Å². The van der Waals surface area contributed by atoms with Gasteiger partial charge in [-0.3, -0.25) is 0 Å². The van der Waals surface area contributed by atoms with Crippen LogP contribution in [0.4, 0.5) is 10.2 Å². The second-order valence-electron chi connectivity index (χ2n) is 4.28. The normalized spacial score (nSPS) is 19.2. The molecular formula is C10H14FN3O3. The maximum absolute atomic E-state index is 13.5. The second-order valence-corrected chi connectivity index (χ2v) is 4.28. The van der Waals surface area contributed by atoms with Crippen LogP contribution in [0, 0.1) is 0 Å². The summed E-state index contributed by atoms with van der Waals surface area (Å²) in [5, 5.41) is 21.1. The number of hydrogen-bond acceptors (Lipinski definition) is 5. The fourth-order valence-corrected chi connectivity index (χ4v) is 2.19. The van der Waals surface area contributed by atoms with Crippen LogP contribution in [-0.4, -0.2) is 31.8 Å². The molecule has 0 amide bonds. The van der Waals surface area contributed by atoms with E-state index in [1.165, 1.54) is 12.3 Å². The summed E-state index contributed by atoms with van der Waals surface area (Å²) in [5.74, 6) is 0.126. The molecule has 1 aromatic heterocycles. The first-order valence-corrected chi connectivity index (χ1v) is 5.41. The number of aromatic amines is 1. The van der Waals surface area contributed by atoms with Crippen molar-refractivity contribution in [1.29, 1.82) is 0 Å². The molecule has 1 fully saturated rings. The zero-order chi connectivity index (χ0) is 12.5. The van der Waals surface area contributed by atoms with E-state index in [9.17, 15) is 19.4 Å². The SMILES string of the molecule is O=c1nc(NC2(C(O)(O)F)CCCC2)cc[nH]1. The molecule has 1 aliphatic rings. The van der Waals surface area contributed by atoms with Gasteiger partial charge in [0.25, 0.3) is 0 Å². The van der Waals surface area contributed by atoms with E-state index in [4.69, 9.17) is 0 Å². The van der Waals surface area contributed by atoms with Crippen molar-refractivity contribution in [3.05, 3.63) is 22.7 Å². The smallest absolute Gasteiger partial charge is 0.346 e. The van der Waals surface area contributed by atoms with Crippen molar-refractivity contribution in [3.63, 3.8) is 0 Å². The molecule has 0 bridgehead atoms. The van der Waals surface area contributed by atoms with Crippen LogP contribution in [0.2, 0.25) is 0 Å². The van der Waals surface area contributed by atoms with Crippen LogP contribution < -0.4 is 11.0 Å². The van der Waals surface area contributed by atoms with Crippen LogP contribution >= 0.6 is 0 Å². The molecule has 1 aliphatic carbocycles. The van der Waals surface area contributed by atoms with Crippen LogP contribution in [0.1, 0.15) is 25.7 Å². The van der Waals surface area contributed by atoms with Gasteiger partial charge >= 0.3 is 11.7 Å². The van der Waals surface area contributed by atoms with Gasteiger partial charge in [-0.25, -0.2) is 4.79 Å². The number of nitrogens with zero attached hydrogens (tertiary/aromatic N) is 1. The quantitative estimate of drug-likeness (QED) is 0.564. The van der Waals surface area contributed by atoms with Gasteiger partial charge in [0.2, 0.25) is 0 Å². The number of anilines is 1. The lowest BCUT2D eigenvalue weighted by atomic mass is 9.95. The van der Waals surface area contributed by atoms with E-state index in [1.54, 1.807) is 0 Å². The molecule has 0 radical (unpaired) electrons. The number of nitrogens with one attached hydrogen (secondary N) is 2. The minimum absolute atomic E-state index is 0.126. The van der Waals surface area contributed by atoms with Gasteiger partial charge in [-0.2, -0.15) is 9.37 Å². The summed E-state index contributed by atoms with van der Waals surface area (Å²) >= 11 is 0. The van der Waals surface area contributed by atoms with Gasteiger partial charge in [-0.1, -0.05) is 12.8 Å². The topological polar surface area (TPSA) is 98.2 Å². The van der Waals surface area contributed by atoms with Crippen molar-refractivity contribution in [2.24, 2.45) is 0 Å². The molecule has 17 heavy (non-hydrogen) atoms. The minimum Gasteiger partial charge on any atom is -0.357 e. The molecule has 0 atom stereocenters. The third kappa shape index (κ3) is 2.29. The molecule has 1 heterocycles. The number of rotatable bonds is 3. The van der Waals surface area contributed by atoms with Crippen LogP contribution in [0.15, 0.2) is 17.1 Å². The first-order valence-electron chi connectivity index (χ1n) is 5.41. The van der Waals surface area contributed by atoms with E-state index < -0.39 is 17.3 Å². The molecule has 4 N–H and O–H groups in total. The number of H-pyrrole nitrogens is 1. The molecule has 1 saturated carbocycles. The van der Waals surface area contributed by atoms with Crippen LogP contribution in [-0.2, 0) is 0 Å². The van der Waals surface area contributed by atoms with E-state index in [-0.39, 0.29) is 18.7 Å². The van der Waals surface area contributed by atoms with Crippen LogP contribution in [0.3, 0.4) is 0 Å². The average molecular weight is 243 g/mol. The van der Waals surface area contributed by atoms with Gasteiger partial charge < -0.3 is 20.5 Å². The number of hydrogen-bond donors (Lipinski definition) is 4. The summed E-state index contributed by atoms with van der Waals surface area (Å²) in [6.07, 6.45) is 3.26. The first-order chi connectivity index (χ1) is 7.93. The Labute approximate surface area is 96.5 Å². The van der Waals surface area contributed by atoms with E-state index in [1.807, 2.05) is 0 Å². The average Bonchev–Trinajstić information content (AvgIpc) is 2.66. The molecule has 0 aliphatic heterocycles. The predicted molar refractivity (Wildman–Crippen MR) is 58.0 cm³/mol. The summed E-state index contributed by atoms with van der Waals surface area (Å²) < 4.78 is 13.5. The Balaban J connectivity index is 2.28. The molecule has 0 saturated heterocycles. The maximum atomic E-state index is 13.5. The van der Waals surface area contributed by atoms with Gasteiger partial charge in [-0.15, -0.1) is 0 Å². The summed E-state index contributed by atoms with van der Waals surface area (Å²) in [5.41, 5.74) is -2.07. The Bertz CT molecular complexity index is 449. The standard InChI is InChI=1S/C10H14FN3O3/c11-10(16,17)9(4-1-2-5-9)14-7-3-6-12-8(15)13-7/h3,6,16-17H,1-2,4-5H2,(H2,12,13,14,15). The summed E-state index contributed by atoms with van der Waals surface area (Å²) in [4.78, 5) is 16.9. The molecule has 94 valence electrons. The Morgan fingerprint density at radius 3 is 2.65 bits per heavy atom. The second kappa shape index (κ2) is 4.08. The fourth-order valence-electron chi connectivity index (χ4n) is 2.19.